The molecule has 0 radical (unpaired) electrons. The molecule has 2 aliphatic rings. The molecule has 34 heavy (non-hydrogen) atoms. The van der Waals surface area contributed by atoms with Crippen molar-refractivity contribution in [3.8, 4) is 0 Å². The maximum atomic E-state index is 11.6. The third-order valence-corrected chi connectivity index (χ3v) is 6.62. The van der Waals surface area contributed by atoms with Gasteiger partial charge < -0.3 is 16.0 Å². The molecule has 1 atom stereocenters. The number of benzene rings is 2. The number of nitrogens with zero attached hydrogens (tertiary/aromatic N) is 3. The molecule has 7 heteroatoms. The Balaban J connectivity index is 0.00000324. The number of nitrogens with two attached hydrogens (primary N) is 1. The molecular weight excluding hydrogens is 537 g/mol. The van der Waals surface area contributed by atoms with Gasteiger partial charge in [-0.3, -0.25) is 14.7 Å². The summed E-state index contributed by atoms with van der Waals surface area (Å²) in [6, 6.07) is 19.3. The van der Waals surface area contributed by atoms with Crippen molar-refractivity contribution in [3.05, 3.63) is 77.4 Å². The van der Waals surface area contributed by atoms with Gasteiger partial charge in [0.1, 0.15) is 0 Å². The number of carbonyl (C=O) groups excluding carboxylic acids is 1. The highest BCUT2D eigenvalue weighted by Gasteiger charge is 2.24. The van der Waals surface area contributed by atoms with E-state index in [0.29, 0.717) is 0 Å². The van der Waals surface area contributed by atoms with E-state index in [0.717, 1.165) is 64.5 Å². The third-order valence-electron chi connectivity index (χ3n) is 6.62. The summed E-state index contributed by atoms with van der Waals surface area (Å²) < 4.78 is 0. The summed E-state index contributed by atoms with van der Waals surface area (Å²) in [5.41, 5.74) is 10.8. The minimum atomic E-state index is -0.174. The number of carbonyl (C=O) groups is 1. The van der Waals surface area contributed by atoms with Crippen LogP contribution < -0.4 is 11.1 Å². The van der Waals surface area contributed by atoms with Gasteiger partial charge >= 0.3 is 0 Å². The van der Waals surface area contributed by atoms with Gasteiger partial charge in [-0.15, -0.1) is 24.0 Å². The van der Waals surface area contributed by atoms with E-state index in [4.69, 9.17) is 5.73 Å². The van der Waals surface area contributed by atoms with E-state index >= 15 is 0 Å². The summed E-state index contributed by atoms with van der Waals surface area (Å²) in [7, 11) is 1.85. The van der Waals surface area contributed by atoms with Gasteiger partial charge in [-0.05, 0) is 48.1 Å². The molecular formula is C27H36IN5O. The average Bonchev–Trinajstić information content (AvgIpc) is 2.86. The molecule has 0 aromatic heterocycles. The maximum absolute atomic E-state index is 11.6. The number of amides is 1. The zero-order chi connectivity index (χ0) is 23.0. The van der Waals surface area contributed by atoms with Crippen LogP contribution in [-0.4, -0.2) is 54.9 Å². The highest BCUT2D eigenvalue weighted by molar-refractivity contribution is 14.0. The van der Waals surface area contributed by atoms with Crippen molar-refractivity contribution in [2.45, 2.75) is 32.4 Å². The number of guanidine groups is 1. The number of primary amides is 1. The maximum Gasteiger partial charge on any atom is 0.221 e. The van der Waals surface area contributed by atoms with Gasteiger partial charge in [0.2, 0.25) is 5.91 Å². The zero-order valence-electron chi connectivity index (χ0n) is 20.0. The van der Waals surface area contributed by atoms with E-state index in [-0.39, 0.29) is 35.8 Å². The Morgan fingerprint density at radius 3 is 2.62 bits per heavy atom. The number of halogens is 1. The van der Waals surface area contributed by atoms with Gasteiger partial charge in [0.15, 0.2) is 5.96 Å². The lowest BCUT2D eigenvalue weighted by Crippen LogP contribution is -2.43. The van der Waals surface area contributed by atoms with Crippen LogP contribution in [0.4, 0.5) is 0 Å². The van der Waals surface area contributed by atoms with Crippen molar-refractivity contribution in [1.82, 2.24) is 15.1 Å². The topological polar surface area (TPSA) is 74.0 Å². The van der Waals surface area contributed by atoms with E-state index in [1.807, 2.05) is 7.05 Å². The molecule has 1 fully saturated rings. The standard InChI is InChI=1S/C27H35N5O.HI/c1-29-27(32-15-12-24(13-16-32)23-9-3-2-4-10-23)30-18-21-7-5-8-22(17-21)19-31-14-6-11-25(20-31)26(28)33;/h2-5,7-10,12,17,25H,6,11,13-16,18-20H2,1H3,(H2,28,33)(H,29,30);1H. The summed E-state index contributed by atoms with van der Waals surface area (Å²) in [4.78, 5) is 20.7. The SMILES string of the molecule is CN=C(NCc1cccc(CN2CCCC(C(N)=O)C2)c1)N1CC=C(c2ccccc2)CC1.I. The molecule has 2 aromatic rings. The summed E-state index contributed by atoms with van der Waals surface area (Å²) in [5, 5.41) is 3.53. The fraction of sp³-hybridized carbons (Fsp3) is 0.407. The Kier molecular flexibility index (Phi) is 9.95. The number of piperidine rings is 1. The van der Waals surface area contributed by atoms with Gasteiger partial charge in [-0.1, -0.05) is 60.7 Å². The first-order valence-corrected chi connectivity index (χ1v) is 11.9. The molecule has 2 heterocycles. The highest BCUT2D eigenvalue weighted by atomic mass is 127. The monoisotopic (exact) mass is 573 g/mol. The molecule has 0 saturated carbocycles. The minimum absolute atomic E-state index is 0. The molecule has 182 valence electrons. The first-order valence-electron chi connectivity index (χ1n) is 11.9. The lowest BCUT2D eigenvalue weighted by atomic mass is 9.97. The second kappa shape index (κ2) is 12.9. The van der Waals surface area contributed by atoms with Crippen LogP contribution in [0.5, 0.6) is 0 Å². The summed E-state index contributed by atoms with van der Waals surface area (Å²) in [6.45, 7) is 5.18. The Labute approximate surface area is 220 Å². The number of hydrogen-bond donors (Lipinski definition) is 2. The number of hydrogen-bond acceptors (Lipinski definition) is 3. The number of likely N-dealkylation sites (tertiary alicyclic amines) is 1. The fourth-order valence-electron chi connectivity index (χ4n) is 4.82. The van der Waals surface area contributed by atoms with Crippen molar-refractivity contribution in [3.63, 3.8) is 0 Å². The van der Waals surface area contributed by atoms with Gasteiger partial charge in [0.05, 0.1) is 5.92 Å². The molecule has 3 N–H and O–H groups in total. The highest BCUT2D eigenvalue weighted by Crippen LogP contribution is 2.22. The number of rotatable bonds is 6. The van der Waals surface area contributed by atoms with Crippen LogP contribution in [-0.2, 0) is 17.9 Å². The molecule has 1 unspecified atom stereocenters. The van der Waals surface area contributed by atoms with Crippen molar-refractivity contribution in [2.24, 2.45) is 16.6 Å². The molecule has 1 amide bonds. The molecule has 2 aliphatic heterocycles. The zero-order valence-corrected chi connectivity index (χ0v) is 22.3. The second-order valence-electron chi connectivity index (χ2n) is 8.99. The van der Waals surface area contributed by atoms with Crippen LogP contribution >= 0.6 is 24.0 Å². The van der Waals surface area contributed by atoms with E-state index in [1.54, 1.807) is 0 Å². The first kappa shape index (κ1) is 26.2. The predicted molar refractivity (Wildman–Crippen MR) is 150 cm³/mol. The van der Waals surface area contributed by atoms with E-state index in [9.17, 15) is 4.79 Å². The average molecular weight is 574 g/mol. The first-order chi connectivity index (χ1) is 16.1. The van der Waals surface area contributed by atoms with Crippen molar-refractivity contribution in [2.75, 3.05) is 33.2 Å². The molecule has 2 aromatic carbocycles. The quantitative estimate of drug-likeness (QED) is 0.313. The van der Waals surface area contributed by atoms with Crippen LogP contribution in [0.2, 0.25) is 0 Å². The molecule has 6 nitrogen and oxygen atoms in total. The molecule has 0 bridgehead atoms. The van der Waals surface area contributed by atoms with E-state index < -0.39 is 0 Å². The lowest BCUT2D eigenvalue weighted by molar-refractivity contribution is -0.123. The summed E-state index contributed by atoms with van der Waals surface area (Å²) >= 11 is 0. The molecule has 0 spiro atoms. The predicted octanol–water partition coefficient (Wildman–Crippen LogP) is 3.87. The van der Waals surface area contributed by atoms with Gasteiger partial charge in [0, 0.05) is 39.8 Å². The number of nitrogens with one attached hydrogen (secondary N) is 1. The summed E-state index contributed by atoms with van der Waals surface area (Å²) in [6.07, 6.45) is 5.27. The molecule has 1 saturated heterocycles. The van der Waals surface area contributed by atoms with Crippen molar-refractivity contribution < 1.29 is 4.79 Å². The van der Waals surface area contributed by atoms with Crippen LogP contribution in [0.25, 0.3) is 5.57 Å². The van der Waals surface area contributed by atoms with Gasteiger partial charge in [-0.2, -0.15) is 0 Å². The van der Waals surface area contributed by atoms with Crippen molar-refractivity contribution >= 4 is 41.4 Å². The molecule has 4 rings (SSSR count). The minimum Gasteiger partial charge on any atom is -0.369 e. The Hall–Kier alpha value is -2.39. The van der Waals surface area contributed by atoms with Crippen LogP contribution in [0.3, 0.4) is 0 Å². The van der Waals surface area contributed by atoms with Crippen LogP contribution in [0.15, 0.2) is 65.7 Å². The van der Waals surface area contributed by atoms with Crippen molar-refractivity contribution in [1.29, 1.82) is 0 Å². The van der Waals surface area contributed by atoms with Gasteiger partial charge in [0.25, 0.3) is 0 Å². The van der Waals surface area contributed by atoms with Crippen LogP contribution in [0.1, 0.15) is 36.0 Å². The lowest BCUT2D eigenvalue weighted by Gasteiger charge is -2.31. The normalized spacial score (nSPS) is 19.2. The Morgan fingerprint density at radius 2 is 1.91 bits per heavy atom. The summed E-state index contributed by atoms with van der Waals surface area (Å²) in [5.74, 6) is 0.740. The van der Waals surface area contributed by atoms with E-state index in [2.05, 4.69) is 80.8 Å². The smallest absolute Gasteiger partial charge is 0.221 e. The molecule has 0 aliphatic carbocycles. The second-order valence-corrected chi connectivity index (χ2v) is 8.99. The Morgan fingerprint density at radius 1 is 1.12 bits per heavy atom. The van der Waals surface area contributed by atoms with Gasteiger partial charge in [-0.25, -0.2) is 0 Å². The van der Waals surface area contributed by atoms with Crippen LogP contribution in [0, 0.1) is 5.92 Å². The fourth-order valence-corrected chi connectivity index (χ4v) is 4.82. The van der Waals surface area contributed by atoms with E-state index in [1.165, 1.54) is 22.3 Å². The largest absolute Gasteiger partial charge is 0.369 e. The Bertz CT molecular complexity index is 1010. The third kappa shape index (κ3) is 7.06. The number of aliphatic imine (C=N–C) groups is 1.